The summed E-state index contributed by atoms with van der Waals surface area (Å²) in [5, 5.41) is 7.62. The van der Waals surface area contributed by atoms with Crippen LogP contribution in [0, 0.1) is 0 Å². The van der Waals surface area contributed by atoms with Gasteiger partial charge < -0.3 is 15.0 Å². The van der Waals surface area contributed by atoms with Gasteiger partial charge in [0, 0.05) is 39.1 Å². The van der Waals surface area contributed by atoms with E-state index in [0.717, 1.165) is 45.0 Å². The number of hydrogen-bond acceptors (Lipinski definition) is 3. The zero-order valence-corrected chi connectivity index (χ0v) is 14.2. The highest BCUT2D eigenvalue weighted by molar-refractivity contribution is 5.79. The van der Waals surface area contributed by atoms with Gasteiger partial charge in [0.1, 0.15) is 0 Å². The molecule has 1 aromatic rings. The largest absolute Gasteiger partial charge is 0.372 e. The summed E-state index contributed by atoms with van der Waals surface area (Å²) in [5.74, 6) is 0.973. The first kappa shape index (κ1) is 16.8. The normalized spacial score (nSPS) is 17.8. The number of guanidine groups is 1. The summed E-state index contributed by atoms with van der Waals surface area (Å²) in [7, 11) is 1.84. The van der Waals surface area contributed by atoms with Crippen molar-refractivity contribution in [3.8, 4) is 0 Å². The number of rotatable bonds is 4. The third kappa shape index (κ3) is 5.33. The van der Waals surface area contributed by atoms with Crippen LogP contribution in [-0.2, 0) is 11.3 Å². The minimum atomic E-state index is -0.0590. The predicted octanol–water partition coefficient (Wildman–Crippen LogP) is 1.74. The van der Waals surface area contributed by atoms with Gasteiger partial charge >= 0.3 is 0 Å². The highest BCUT2D eigenvalue weighted by Gasteiger charge is 2.25. The van der Waals surface area contributed by atoms with Crippen molar-refractivity contribution < 1.29 is 4.74 Å². The fourth-order valence-corrected chi connectivity index (χ4v) is 2.73. The average Bonchev–Trinajstić information content (AvgIpc) is 2.96. The average molecular weight is 307 g/mol. The standard InChI is InChI=1S/C16H29N5O/c1-16(2,3)22-14-6-11-20(12-7-14)15(17-4)18-9-13-21-10-5-8-19-21/h5,8,10,14H,6-7,9,11-13H2,1-4H3,(H,17,18). The quantitative estimate of drug-likeness (QED) is 0.680. The van der Waals surface area contributed by atoms with Gasteiger partial charge in [0.2, 0.25) is 0 Å². The highest BCUT2D eigenvalue weighted by Crippen LogP contribution is 2.20. The smallest absolute Gasteiger partial charge is 0.193 e. The lowest BCUT2D eigenvalue weighted by molar-refractivity contribution is -0.0772. The molecule has 1 fully saturated rings. The van der Waals surface area contributed by atoms with Crippen molar-refractivity contribution in [3.63, 3.8) is 0 Å². The van der Waals surface area contributed by atoms with Crippen molar-refractivity contribution in [3.05, 3.63) is 18.5 Å². The molecular formula is C16H29N5O. The number of aliphatic imine (C=N–C) groups is 1. The van der Waals surface area contributed by atoms with Gasteiger partial charge in [-0.1, -0.05) is 0 Å². The lowest BCUT2D eigenvalue weighted by Crippen LogP contribution is -2.48. The molecule has 1 aliphatic heterocycles. The molecule has 0 unspecified atom stereocenters. The Hall–Kier alpha value is -1.56. The second-order valence-electron chi connectivity index (χ2n) is 6.66. The SMILES string of the molecule is CN=C(NCCn1cccn1)N1CCC(OC(C)(C)C)CC1. The molecule has 2 heterocycles. The van der Waals surface area contributed by atoms with Crippen LogP contribution in [0.15, 0.2) is 23.5 Å². The van der Waals surface area contributed by atoms with Crippen LogP contribution < -0.4 is 5.32 Å². The highest BCUT2D eigenvalue weighted by atomic mass is 16.5. The molecule has 0 aliphatic carbocycles. The van der Waals surface area contributed by atoms with Gasteiger partial charge in [-0.05, 0) is 39.7 Å². The number of piperidine rings is 1. The van der Waals surface area contributed by atoms with Crippen molar-refractivity contribution in [2.45, 2.75) is 51.9 Å². The maximum atomic E-state index is 6.07. The first-order chi connectivity index (χ1) is 10.5. The topological polar surface area (TPSA) is 54.7 Å². The molecule has 2 rings (SSSR count). The van der Waals surface area contributed by atoms with Crippen LogP contribution in [-0.4, -0.2) is 59.0 Å². The minimum Gasteiger partial charge on any atom is -0.372 e. The number of nitrogens with one attached hydrogen (secondary N) is 1. The lowest BCUT2D eigenvalue weighted by Gasteiger charge is -2.36. The fraction of sp³-hybridized carbons (Fsp3) is 0.750. The molecule has 0 bridgehead atoms. The van der Waals surface area contributed by atoms with Crippen LogP contribution in [0.5, 0.6) is 0 Å². The Morgan fingerprint density at radius 3 is 2.64 bits per heavy atom. The van der Waals surface area contributed by atoms with Crippen molar-refractivity contribution in [1.82, 2.24) is 20.0 Å². The van der Waals surface area contributed by atoms with Gasteiger partial charge in [0.05, 0.1) is 18.2 Å². The summed E-state index contributed by atoms with van der Waals surface area (Å²) >= 11 is 0. The van der Waals surface area contributed by atoms with E-state index in [4.69, 9.17) is 4.74 Å². The Morgan fingerprint density at radius 1 is 1.36 bits per heavy atom. The molecule has 0 amide bonds. The van der Waals surface area contributed by atoms with Gasteiger partial charge in [-0.3, -0.25) is 9.67 Å². The summed E-state index contributed by atoms with van der Waals surface area (Å²) in [6.45, 7) is 10.0. The fourth-order valence-electron chi connectivity index (χ4n) is 2.73. The molecule has 1 N–H and O–H groups in total. The Labute approximate surface area is 133 Å². The third-order valence-corrected chi connectivity index (χ3v) is 3.66. The van der Waals surface area contributed by atoms with Gasteiger partial charge in [0.25, 0.3) is 0 Å². The first-order valence-corrected chi connectivity index (χ1v) is 8.09. The molecule has 6 heteroatoms. The maximum Gasteiger partial charge on any atom is 0.193 e. The second-order valence-corrected chi connectivity index (χ2v) is 6.66. The summed E-state index contributed by atoms with van der Waals surface area (Å²) in [5.41, 5.74) is -0.0590. The number of likely N-dealkylation sites (tertiary alicyclic amines) is 1. The van der Waals surface area contributed by atoms with E-state index in [-0.39, 0.29) is 5.60 Å². The number of ether oxygens (including phenoxy) is 1. The Bertz CT molecular complexity index is 455. The van der Waals surface area contributed by atoms with Gasteiger partial charge in [-0.2, -0.15) is 5.10 Å². The zero-order valence-electron chi connectivity index (χ0n) is 14.2. The van der Waals surface area contributed by atoms with Crippen LogP contribution in [0.2, 0.25) is 0 Å². The van der Waals surface area contributed by atoms with Crippen molar-refractivity contribution >= 4 is 5.96 Å². The monoisotopic (exact) mass is 307 g/mol. The molecule has 0 spiro atoms. The lowest BCUT2D eigenvalue weighted by atomic mass is 10.1. The Kier molecular flexibility index (Phi) is 5.83. The van der Waals surface area contributed by atoms with Crippen LogP contribution in [0.1, 0.15) is 33.6 Å². The number of nitrogens with zero attached hydrogens (tertiary/aromatic N) is 4. The zero-order chi connectivity index (χ0) is 16.0. The summed E-state index contributed by atoms with van der Waals surface area (Å²) in [6.07, 6.45) is 6.24. The molecule has 1 saturated heterocycles. The van der Waals surface area contributed by atoms with Crippen LogP contribution in [0.25, 0.3) is 0 Å². The van der Waals surface area contributed by atoms with Crippen LogP contribution in [0.3, 0.4) is 0 Å². The Balaban J connectivity index is 1.73. The maximum absolute atomic E-state index is 6.07. The minimum absolute atomic E-state index is 0.0590. The van der Waals surface area contributed by atoms with E-state index in [1.807, 2.05) is 24.0 Å². The van der Waals surface area contributed by atoms with Gasteiger partial charge in [0.15, 0.2) is 5.96 Å². The van der Waals surface area contributed by atoms with E-state index in [9.17, 15) is 0 Å². The van der Waals surface area contributed by atoms with E-state index in [1.165, 1.54) is 0 Å². The van der Waals surface area contributed by atoms with E-state index >= 15 is 0 Å². The molecule has 1 aliphatic rings. The van der Waals surface area contributed by atoms with Gasteiger partial charge in [-0.15, -0.1) is 0 Å². The molecule has 124 valence electrons. The predicted molar refractivity (Wildman–Crippen MR) is 89.0 cm³/mol. The second kappa shape index (κ2) is 7.63. The third-order valence-electron chi connectivity index (χ3n) is 3.66. The molecule has 0 atom stereocenters. The van der Waals surface area contributed by atoms with E-state index in [1.54, 1.807) is 6.20 Å². The molecule has 1 aromatic heterocycles. The van der Waals surface area contributed by atoms with E-state index in [2.05, 4.69) is 41.1 Å². The molecule has 22 heavy (non-hydrogen) atoms. The summed E-state index contributed by atoms with van der Waals surface area (Å²) in [4.78, 5) is 6.70. The van der Waals surface area contributed by atoms with E-state index < -0.39 is 0 Å². The number of hydrogen-bond donors (Lipinski definition) is 1. The van der Waals surface area contributed by atoms with E-state index in [0.29, 0.717) is 6.10 Å². The molecule has 6 nitrogen and oxygen atoms in total. The molecule has 0 aromatic carbocycles. The molecular weight excluding hydrogens is 278 g/mol. The Morgan fingerprint density at radius 2 is 2.09 bits per heavy atom. The van der Waals surface area contributed by atoms with Crippen LogP contribution >= 0.6 is 0 Å². The van der Waals surface area contributed by atoms with Gasteiger partial charge in [-0.25, -0.2) is 0 Å². The molecule has 0 saturated carbocycles. The first-order valence-electron chi connectivity index (χ1n) is 8.09. The van der Waals surface area contributed by atoms with Crippen molar-refractivity contribution in [2.24, 2.45) is 4.99 Å². The van der Waals surface area contributed by atoms with Crippen LogP contribution in [0.4, 0.5) is 0 Å². The number of aromatic nitrogens is 2. The summed E-state index contributed by atoms with van der Waals surface area (Å²) < 4.78 is 7.99. The van der Waals surface area contributed by atoms with Crippen molar-refractivity contribution in [1.29, 1.82) is 0 Å². The van der Waals surface area contributed by atoms with Crippen molar-refractivity contribution in [2.75, 3.05) is 26.7 Å². The summed E-state index contributed by atoms with van der Waals surface area (Å²) in [6, 6.07) is 1.94. The molecule has 0 radical (unpaired) electrons.